The zero-order valence-corrected chi connectivity index (χ0v) is 8.72. The Bertz CT molecular complexity index is 364. The zero-order valence-electron chi connectivity index (χ0n) is 7.90. The third-order valence-electron chi connectivity index (χ3n) is 1.11. The minimum absolute atomic E-state index is 0. The van der Waals surface area contributed by atoms with E-state index in [4.69, 9.17) is 17.5 Å². The van der Waals surface area contributed by atoms with Crippen molar-refractivity contribution in [3.05, 3.63) is 0 Å². The zero-order chi connectivity index (χ0) is 16.5. The summed E-state index contributed by atoms with van der Waals surface area (Å²) in [5, 5.41) is 0. The number of hydrogen-bond donors (Lipinski definition) is 2. The summed E-state index contributed by atoms with van der Waals surface area (Å²) in [6, 6.07) is 0. The van der Waals surface area contributed by atoms with E-state index in [-0.39, 0.29) is 18.9 Å². The molecule has 20 heavy (non-hydrogen) atoms. The van der Waals surface area contributed by atoms with Crippen LogP contribution in [0.3, 0.4) is 0 Å². The first-order valence-electron chi connectivity index (χ1n) is 3.34. The minimum atomic E-state index is -7.14. The van der Waals surface area contributed by atoms with Crippen molar-refractivity contribution < 1.29 is 61.4 Å². The van der Waals surface area contributed by atoms with E-state index < -0.39 is 34.6 Å². The molecule has 0 heterocycles. The van der Waals surface area contributed by atoms with Gasteiger partial charge in [-0.05, 0) is 0 Å². The fourth-order valence-corrected chi connectivity index (χ4v) is 0.356. The van der Waals surface area contributed by atoms with E-state index in [1.54, 1.807) is 0 Å². The van der Waals surface area contributed by atoms with Gasteiger partial charge in [-0.1, -0.05) is 0 Å². The molecule has 0 radical (unpaired) electrons. The SMILES string of the molecule is FC(F)(F)C(F)(F)C(F)(F)C(F)(F)F.O=S(=O)(O)O.[LiH]. The fraction of sp³-hybridized carbons (Fsp3) is 1.00. The Morgan fingerprint density at radius 1 is 0.600 bits per heavy atom. The van der Waals surface area contributed by atoms with Gasteiger partial charge in [0, 0.05) is 0 Å². The topological polar surface area (TPSA) is 74.6 Å². The van der Waals surface area contributed by atoms with Gasteiger partial charge in [-0.15, -0.1) is 0 Å². The van der Waals surface area contributed by atoms with E-state index in [2.05, 4.69) is 0 Å². The van der Waals surface area contributed by atoms with Crippen LogP contribution in [0.1, 0.15) is 0 Å². The fourth-order valence-electron chi connectivity index (χ4n) is 0.356. The quantitative estimate of drug-likeness (QED) is 0.434. The molecule has 0 unspecified atom stereocenters. The third-order valence-corrected chi connectivity index (χ3v) is 1.11. The summed E-state index contributed by atoms with van der Waals surface area (Å²) in [6.07, 6.45) is -13.9. The molecular weight excluding hydrogens is 341 g/mol. The summed E-state index contributed by atoms with van der Waals surface area (Å²) < 4.78 is 145. The Morgan fingerprint density at radius 3 is 0.750 bits per heavy atom. The molecule has 0 amide bonds. The Hall–Kier alpha value is -0.233. The molecule has 0 atom stereocenters. The van der Waals surface area contributed by atoms with Gasteiger partial charge in [-0.25, -0.2) is 0 Å². The second-order valence-corrected chi connectivity index (χ2v) is 3.49. The van der Waals surface area contributed by atoms with Crippen molar-refractivity contribution in [2.45, 2.75) is 24.2 Å². The van der Waals surface area contributed by atoms with Crippen LogP contribution in [0.25, 0.3) is 0 Å². The Labute approximate surface area is 115 Å². The van der Waals surface area contributed by atoms with Crippen molar-refractivity contribution in [3.8, 4) is 0 Å². The van der Waals surface area contributed by atoms with Crippen molar-refractivity contribution in [2.75, 3.05) is 0 Å². The molecule has 0 aromatic heterocycles. The summed E-state index contributed by atoms with van der Waals surface area (Å²) in [5.74, 6) is -14.3. The molecule has 0 aromatic carbocycles. The molecule has 2 N–H and O–H groups in total. The second-order valence-electron chi connectivity index (χ2n) is 2.59. The second kappa shape index (κ2) is 6.69. The molecule has 0 bridgehead atoms. The van der Waals surface area contributed by atoms with Crippen LogP contribution < -0.4 is 0 Å². The van der Waals surface area contributed by atoms with Gasteiger partial charge >= 0.3 is 53.5 Å². The molecule has 0 saturated carbocycles. The maximum absolute atomic E-state index is 11.6. The molecule has 0 saturated heterocycles. The maximum atomic E-state index is 11.6. The van der Waals surface area contributed by atoms with Crippen LogP contribution in [0.5, 0.6) is 0 Å². The molecule has 0 aromatic rings. The van der Waals surface area contributed by atoms with Gasteiger partial charge < -0.3 is 0 Å². The normalized spacial score (nSPS) is 14.0. The number of alkyl halides is 10. The average molecular weight is 344 g/mol. The van der Waals surface area contributed by atoms with Gasteiger partial charge in [0.25, 0.3) is 0 Å². The molecule has 0 fully saturated rings. The molecule has 0 aliphatic heterocycles. The molecule has 16 heteroatoms. The molecule has 0 aliphatic carbocycles. The molecular formula is C4H3F10LiO4S. The van der Waals surface area contributed by atoms with Crippen LogP contribution in [0, 0.1) is 0 Å². The van der Waals surface area contributed by atoms with Crippen molar-refractivity contribution in [2.24, 2.45) is 0 Å². The third kappa shape index (κ3) is 6.97. The Morgan fingerprint density at radius 2 is 0.700 bits per heavy atom. The van der Waals surface area contributed by atoms with Gasteiger partial charge in [0.15, 0.2) is 0 Å². The summed E-state index contributed by atoms with van der Waals surface area (Å²) in [7, 11) is -4.67. The summed E-state index contributed by atoms with van der Waals surface area (Å²) in [6.45, 7) is 0. The van der Waals surface area contributed by atoms with Crippen LogP contribution in [0.2, 0.25) is 0 Å². The van der Waals surface area contributed by atoms with Gasteiger partial charge in [0.2, 0.25) is 0 Å². The molecule has 0 spiro atoms. The Kier molecular flexibility index (Phi) is 8.28. The summed E-state index contributed by atoms with van der Waals surface area (Å²) in [5.41, 5.74) is 0. The van der Waals surface area contributed by atoms with Gasteiger partial charge in [-0.2, -0.15) is 52.3 Å². The van der Waals surface area contributed by atoms with Crippen molar-refractivity contribution in [1.82, 2.24) is 0 Å². The molecule has 4 nitrogen and oxygen atoms in total. The van der Waals surface area contributed by atoms with Gasteiger partial charge in [0.1, 0.15) is 0 Å². The van der Waals surface area contributed by atoms with Crippen LogP contribution in [0.4, 0.5) is 43.9 Å². The van der Waals surface area contributed by atoms with E-state index in [0.717, 1.165) is 0 Å². The van der Waals surface area contributed by atoms with E-state index in [1.165, 1.54) is 0 Å². The van der Waals surface area contributed by atoms with Crippen LogP contribution in [-0.4, -0.2) is 60.6 Å². The van der Waals surface area contributed by atoms with Crippen LogP contribution in [-0.2, 0) is 10.4 Å². The monoisotopic (exact) mass is 344 g/mol. The van der Waals surface area contributed by atoms with Gasteiger partial charge in [0.05, 0.1) is 0 Å². The van der Waals surface area contributed by atoms with E-state index in [0.29, 0.717) is 0 Å². The number of halogens is 10. The van der Waals surface area contributed by atoms with Crippen molar-refractivity contribution >= 4 is 29.3 Å². The summed E-state index contributed by atoms with van der Waals surface area (Å²) in [4.78, 5) is 0. The van der Waals surface area contributed by atoms with Crippen LogP contribution in [0.15, 0.2) is 0 Å². The van der Waals surface area contributed by atoms with Crippen molar-refractivity contribution in [3.63, 3.8) is 0 Å². The molecule has 0 aliphatic rings. The standard InChI is InChI=1S/C4F10.Li.H2O4S.H/c5-1(6,3(9,10)11)2(7,8)4(12,13)14;;1-5(2,3)4;/h;;(H2,1,2,3,4);. The average Bonchev–Trinajstić information content (AvgIpc) is 1.95. The first kappa shape index (κ1) is 24.8. The summed E-state index contributed by atoms with van der Waals surface area (Å²) >= 11 is 0. The predicted octanol–water partition coefficient (Wildman–Crippen LogP) is 2.08. The van der Waals surface area contributed by atoms with Gasteiger partial charge in [-0.3, -0.25) is 9.11 Å². The first-order chi connectivity index (χ1) is 7.75. The predicted molar refractivity (Wildman–Crippen MR) is 43.3 cm³/mol. The van der Waals surface area contributed by atoms with Crippen molar-refractivity contribution in [1.29, 1.82) is 0 Å². The molecule has 120 valence electrons. The molecule has 0 rings (SSSR count). The number of hydrogen-bond acceptors (Lipinski definition) is 2. The number of rotatable bonds is 1. The van der Waals surface area contributed by atoms with E-state index in [9.17, 15) is 43.9 Å². The van der Waals surface area contributed by atoms with E-state index >= 15 is 0 Å². The van der Waals surface area contributed by atoms with E-state index in [1.807, 2.05) is 0 Å². The Balaban J connectivity index is -0.000000414. The van der Waals surface area contributed by atoms with Crippen LogP contribution >= 0.6 is 0 Å². The first-order valence-corrected chi connectivity index (χ1v) is 4.74.